The van der Waals surface area contributed by atoms with Gasteiger partial charge in [-0.05, 0) is 41.8 Å². The van der Waals surface area contributed by atoms with Crippen LogP contribution < -0.4 is 4.74 Å². The van der Waals surface area contributed by atoms with Crippen LogP contribution in [-0.2, 0) is 0 Å². The Morgan fingerprint density at radius 1 is 0.917 bits per heavy atom. The first-order valence-corrected chi connectivity index (χ1v) is 8.77. The van der Waals surface area contributed by atoms with Gasteiger partial charge in [0.1, 0.15) is 5.75 Å². The average Bonchev–Trinajstić information content (AvgIpc) is 2.61. The molecule has 0 aliphatic heterocycles. The Morgan fingerprint density at radius 2 is 1.62 bits per heavy atom. The average molecular weight is 326 g/mol. The van der Waals surface area contributed by atoms with Gasteiger partial charge in [-0.1, -0.05) is 63.3 Å². The second kappa shape index (κ2) is 9.76. The van der Waals surface area contributed by atoms with Gasteiger partial charge in [-0.25, -0.2) is 4.79 Å². The summed E-state index contributed by atoms with van der Waals surface area (Å²) in [4.78, 5) is 10.9. The standard InChI is InChI=1S/C21H26O3/c1-2-3-4-5-6-7-15-24-20-10-8-9-19(16-20)17-11-13-18(14-12-17)21(22)23/h8-14,16H,2-7,15H2,1H3,(H,22,23). The number of aromatic carboxylic acids is 1. The molecule has 0 unspecified atom stereocenters. The van der Waals surface area contributed by atoms with Crippen LogP contribution in [0.2, 0.25) is 0 Å². The van der Waals surface area contributed by atoms with E-state index in [0.29, 0.717) is 5.56 Å². The molecule has 0 saturated heterocycles. The number of rotatable bonds is 10. The first-order valence-electron chi connectivity index (χ1n) is 8.77. The Kier molecular flexibility index (Phi) is 7.34. The number of hydrogen-bond donors (Lipinski definition) is 1. The molecule has 2 aromatic rings. The second-order valence-electron chi connectivity index (χ2n) is 6.03. The van der Waals surface area contributed by atoms with E-state index in [2.05, 4.69) is 6.92 Å². The van der Waals surface area contributed by atoms with Crippen molar-refractivity contribution >= 4 is 5.97 Å². The van der Waals surface area contributed by atoms with Crippen molar-refractivity contribution in [2.45, 2.75) is 45.4 Å². The Bertz CT molecular complexity index is 632. The van der Waals surface area contributed by atoms with Crippen LogP contribution in [0.25, 0.3) is 11.1 Å². The molecule has 24 heavy (non-hydrogen) atoms. The molecule has 0 amide bonds. The van der Waals surface area contributed by atoms with Crippen LogP contribution in [0.1, 0.15) is 55.8 Å². The molecule has 1 N–H and O–H groups in total. The number of carboxylic acid groups (broad SMARTS) is 1. The highest BCUT2D eigenvalue weighted by molar-refractivity contribution is 5.88. The van der Waals surface area contributed by atoms with Crippen molar-refractivity contribution in [3.63, 3.8) is 0 Å². The maximum absolute atomic E-state index is 10.9. The first kappa shape index (κ1) is 18.1. The molecule has 0 heterocycles. The molecule has 0 aromatic heterocycles. The number of hydrogen-bond acceptors (Lipinski definition) is 2. The summed E-state index contributed by atoms with van der Waals surface area (Å²) >= 11 is 0. The van der Waals surface area contributed by atoms with E-state index in [-0.39, 0.29) is 0 Å². The van der Waals surface area contributed by atoms with Crippen molar-refractivity contribution < 1.29 is 14.6 Å². The summed E-state index contributed by atoms with van der Waals surface area (Å²) in [7, 11) is 0. The smallest absolute Gasteiger partial charge is 0.335 e. The number of benzene rings is 2. The summed E-state index contributed by atoms with van der Waals surface area (Å²) in [5.41, 5.74) is 2.33. The van der Waals surface area contributed by atoms with Crippen molar-refractivity contribution in [2.24, 2.45) is 0 Å². The van der Waals surface area contributed by atoms with Crippen molar-refractivity contribution in [2.75, 3.05) is 6.61 Å². The third-order valence-corrected chi connectivity index (χ3v) is 4.07. The maximum Gasteiger partial charge on any atom is 0.335 e. The highest BCUT2D eigenvalue weighted by Crippen LogP contribution is 2.24. The Hall–Kier alpha value is -2.29. The summed E-state index contributed by atoms with van der Waals surface area (Å²) in [6.07, 6.45) is 7.50. The van der Waals surface area contributed by atoms with Crippen LogP contribution in [0.15, 0.2) is 48.5 Å². The lowest BCUT2D eigenvalue weighted by molar-refractivity contribution is 0.0697. The van der Waals surface area contributed by atoms with E-state index in [1.54, 1.807) is 12.1 Å². The zero-order chi connectivity index (χ0) is 17.2. The number of ether oxygens (including phenoxy) is 1. The lowest BCUT2D eigenvalue weighted by Crippen LogP contribution is -1.97. The normalized spacial score (nSPS) is 10.5. The zero-order valence-electron chi connectivity index (χ0n) is 14.3. The Balaban J connectivity index is 1.86. The van der Waals surface area contributed by atoms with Crippen LogP contribution in [0.3, 0.4) is 0 Å². The van der Waals surface area contributed by atoms with Gasteiger partial charge in [-0.2, -0.15) is 0 Å². The van der Waals surface area contributed by atoms with Gasteiger partial charge in [-0.3, -0.25) is 0 Å². The summed E-state index contributed by atoms with van der Waals surface area (Å²) in [6, 6.07) is 14.9. The van der Waals surface area contributed by atoms with Gasteiger partial charge < -0.3 is 9.84 Å². The predicted octanol–water partition coefficient (Wildman–Crippen LogP) is 5.79. The predicted molar refractivity (Wildman–Crippen MR) is 97.7 cm³/mol. The molecular weight excluding hydrogens is 300 g/mol. The summed E-state index contributed by atoms with van der Waals surface area (Å²) < 4.78 is 5.84. The van der Waals surface area contributed by atoms with Gasteiger partial charge in [0, 0.05) is 0 Å². The fourth-order valence-electron chi connectivity index (χ4n) is 2.64. The molecule has 0 bridgehead atoms. The minimum absolute atomic E-state index is 0.300. The lowest BCUT2D eigenvalue weighted by atomic mass is 10.0. The fraction of sp³-hybridized carbons (Fsp3) is 0.381. The molecule has 0 aliphatic rings. The van der Waals surface area contributed by atoms with Crippen LogP contribution in [0, 0.1) is 0 Å². The van der Waals surface area contributed by atoms with E-state index in [4.69, 9.17) is 9.84 Å². The fourth-order valence-corrected chi connectivity index (χ4v) is 2.64. The van der Waals surface area contributed by atoms with Gasteiger partial charge >= 0.3 is 5.97 Å². The Labute approximate surface area is 144 Å². The molecule has 0 aliphatic carbocycles. The van der Waals surface area contributed by atoms with Gasteiger partial charge in [0.2, 0.25) is 0 Å². The Morgan fingerprint density at radius 3 is 2.33 bits per heavy atom. The minimum atomic E-state index is -0.905. The van der Waals surface area contributed by atoms with E-state index in [9.17, 15) is 4.79 Å². The number of carbonyl (C=O) groups is 1. The van der Waals surface area contributed by atoms with E-state index >= 15 is 0 Å². The van der Waals surface area contributed by atoms with E-state index < -0.39 is 5.97 Å². The van der Waals surface area contributed by atoms with Crippen molar-refractivity contribution in [1.29, 1.82) is 0 Å². The van der Waals surface area contributed by atoms with E-state index in [1.807, 2.05) is 36.4 Å². The highest BCUT2D eigenvalue weighted by atomic mass is 16.5. The molecule has 0 saturated carbocycles. The maximum atomic E-state index is 10.9. The van der Waals surface area contributed by atoms with Crippen molar-refractivity contribution in [1.82, 2.24) is 0 Å². The van der Waals surface area contributed by atoms with Crippen molar-refractivity contribution in [3.05, 3.63) is 54.1 Å². The minimum Gasteiger partial charge on any atom is -0.494 e. The molecule has 2 aromatic carbocycles. The summed E-state index contributed by atoms with van der Waals surface area (Å²) in [5.74, 6) is -0.0408. The van der Waals surface area contributed by atoms with E-state index in [1.165, 1.54) is 32.1 Å². The summed E-state index contributed by atoms with van der Waals surface area (Å²) in [5, 5.41) is 8.96. The first-order chi connectivity index (χ1) is 11.7. The third-order valence-electron chi connectivity index (χ3n) is 4.07. The van der Waals surface area contributed by atoms with Crippen LogP contribution in [0.5, 0.6) is 5.75 Å². The van der Waals surface area contributed by atoms with Gasteiger partial charge in [0.15, 0.2) is 0 Å². The molecule has 0 radical (unpaired) electrons. The number of unbranched alkanes of at least 4 members (excludes halogenated alkanes) is 5. The molecule has 3 nitrogen and oxygen atoms in total. The topological polar surface area (TPSA) is 46.5 Å². The molecule has 2 rings (SSSR count). The summed E-state index contributed by atoms with van der Waals surface area (Å²) in [6.45, 7) is 2.97. The van der Waals surface area contributed by atoms with Crippen LogP contribution in [0.4, 0.5) is 0 Å². The highest BCUT2D eigenvalue weighted by Gasteiger charge is 2.04. The largest absolute Gasteiger partial charge is 0.494 e. The number of carboxylic acids is 1. The monoisotopic (exact) mass is 326 g/mol. The lowest BCUT2D eigenvalue weighted by Gasteiger charge is -2.08. The molecule has 0 atom stereocenters. The van der Waals surface area contributed by atoms with Gasteiger partial charge in [0.25, 0.3) is 0 Å². The van der Waals surface area contributed by atoms with Crippen LogP contribution in [-0.4, -0.2) is 17.7 Å². The molecule has 128 valence electrons. The quantitative estimate of drug-likeness (QED) is 0.562. The molecule has 0 fully saturated rings. The third kappa shape index (κ3) is 5.73. The molecule has 3 heteroatoms. The van der Waals surface area contributed by atoms with E-state index in [0.717, 1.165) is 29.9 Å². The molecule has 0 spiro atoms. The van der Waals surface area contributed by atoms with Gasteiger partial charge in [0.05, 0.1) is 12.2 Å². The zero-order valence-corrected chi connectivity index (χ0v) is 14.3. The van der Waals surface area contributed by atoms with Gasteiger partial charge in [-0.15, -0.1) is 0 Å². The van der Waals surface area contributed by atoms with Crippen molar-refractivity contribution in [3.8, 4) is 16.9 Å². The van der Waals surface area contributed by atoms with Crippen LogP contribution >= 0.6 is 0 Å². The second-order valence-corrected chi connectivity index (χ2v) is 6.03. The molecular formula is C21H26O3. The SMILES string of the molecule is CCCCCCCCOc1cccc(-c2ccc(C(=O)O)cc2)c1.